The van der Waals surface area contributed by atoms with E-state index < -0.39 is 0 Å². The van der Waals surface area contributed by atoms with Gasteiger partial charge in [-0.15, -0.1) is 0 Å². The molecule has 1 aliphatic rings. The van der Waals surface area contributed by atoms with Crippen LogP contribution in [0.2, 0.25) is 0 Å². The zero-order valence-electron chi connectivity index (χ0n) is 19.7. The molecule has 3 atom stereocenters. The maximum Gasteiger partial charge on any atom is 0.348 e. The first-order valence-corrected chi connectivity index (χ1v) is 11.8. The van der Waals surface area contributed by atoms with Crippen molar-refractivity contribution in [3.63, 3.8) is 0 Å². The summed E-state index contributed by atoms with van der Waals surface area (Å²) in [5, 5.41) is 0. The lowest BCUT2D eigenvalue weighted by molar-refractivity contribution is -0.655. The number of carbonyl (C=O) groups excluding carboxylic acids is 1. The number of benzene rings is 2. The van der Waals surface area contributed by atoms with E-state index in [0.29, 0.717) is 24.4 Å². The van der Waals surface area contributed by atoms with Crippen LogP contribution in [0.4, 0.5) is 0 Å². The minimum atomic E-state index is -0.169. The third-order valence-corrected chi connectivity index (χ3v) is 6.88. The molecule has 1 saturated carbocycles. The Hall–Kier alpha value is -2.82. The molecule has 0 spiro atoms. The molecule has 0 N–H and O–H groups in total. The van der Waals surface area contributed by atoms with Gasteiger partial charge in [0, 0.05) is 0 Å². The standard InChI is InChI=1S/C27H35N2O3/c1-19(2)22-15-14-20(3)16-25(22)32-27(30)17-29-24-13-9-8-12-23(24)28(4)26(29)18-31-21-10-6-5-7-11-21/h5-13,19-20,22,25H,14-18H2,1-4H3/q+1/t20-,22-,25+/m0/s1. The summed E-state index contributed by atoms with van der Waals surface area (Å²) in [6.07, 6.45) is 3.31. The minimum Gasteiger partial charge on any atom is -0.481 e. The third-order valence-electron chi connectivity index (χ3n) is 6.88. The van der Waals surface area contributed by atoms with Crippen molar-refractivity contribution in [2.75, 3.05) is 0 Å². The van der Waals surface area contributed by atoms with E-state index in [-0.39, 0.29) is 18.6 Å². The van der Waals surface area contributed by atoms with E-state index in [2.05, 4.69) is 31.4 Å². The second-order valence-electron chi connectivity index (χ2n) is 9.51. The van der Waals surface area contributed by atoms with Gasteiger partial charge >= 0.3 is 5.97 Å². The zero-order chi connectivity index (χ0) is 22.7. The highest BCUT2D eigenvalue weighted by atomic mass is 16.5. The molecular weight excluding hydrogens is 400 g/mol. The molecule has 1 heterocycles. The number of aryl methyl sites for hydroxylation is 1. The van der Waals surface area contributed by atoms with Gasteiger partial charge in [-0.3, -0.25) is 0 Å². The lowest BCUT2D eigenvalue weighted by Crippen LogP contribution is -2.37. The number of hydrogen-bond acceptors (Lipinski definition) is 3. The van der Waals surface area contributed by atoms with Gasteiger partial charge in [0.1, 0.15) is 11.9 Å². The van der Waals surface area contributed by atoms with Crippen LogP contribution in [-0.4, -0.2) is 16.6 Å². The topological polar surface area (TPSA) is 44.3 Å². The van der Waals surface area contributed by atoms with Crippen molar-refractivity contribution in [2.45, 2.75) is 59.3 Å². The van der Waals surface area contributed by atoms with Crippen molar-refractivity contribution >= 4 is 17.0 Å². The number of carbonyl (C=O) groups is 1. The number of nitrogens with zero attached hydrogens (tertiary/aromatic N) is 2. The Morgan fingerprint density at radius 3 is 2.56 bits per heavy atom. The van der Waals surface area contributed by atoms with Crippen molar-refractivity contribution in [1.29, 1.82) is 0 Å². The molecule has 0 aliphatic heterocycles. The van der Waals surface area contributed by atoms with Gasteiger partial charge in [-0.05, 0) is 54.9 Å². The van der Waals surface area contributed by atoms with Crippen LogP contribution < -0.4 is 9.30 Å². The van der Waals surface area contributed by atoms with Crippen LogP contribution in [0.1, 0.15) is 45.9 Å². The van der Waals surface area contributed by atoms with E-state index in [1.807, 2.05) is 60.1 Å². The van der Waals surface area contributed by atoms with Crippen molar-refractivity contribution in [3.8, 4) is 5.75 Å². The first-order valence-electron chi connectivity index (χ1n) is 11.8. The molecule has 1 aliphatic carbocycles. The molecule has 3 aromatic rings. The quantitative estimate of drug-likeness (QED) is 0.385. The Morgan fingerprint density at radius 2 is 1.81 bits per heavy atom. The Morgan fingerprint density at radius 1 is 1.09 bits per heavy atom. The molecule has 5 nitrogen and oxygen atoms in total. The second-order valence-corrected chi connectivity index (χ2v) is 9.51. The maximum absolute atomic E-state index is 13.1. The van der Waals surface area contributed by atoms with Crippen LogP contribution >= 0.6 is 0 Å². The maximum atomic E-state index is 13.1. The average molecular weight is 436 g/mol. The lowest BCUT2D eigenvalue weighted by Gasteiger charge is -2.36. The van der Waals surface area contributed by atoms with Crippen LogP contribution in [0.25, 0.3) is 11.0 Å². The van der Waals surface area contributed by atoms with Gasteiger partial charge in [0.05, 0.1) is 7.05 Å². The smallest absolute Gasteiger partial charge is 0.348 e. The van der Waals surface area contributed by atoms with Crippen molar-refractivity contribution < 1.29 is 18.8 Å². The highest BCUT2D eigenvalue weighted by molar-refractivity contribution is 5.76. The normalized spacial score (nSPS) is 21.1. The van der Waals surface area contributed by atoms with Gasteiger partial charge in [0.2, 0.25) is 0 Å². The summed E-state index contributed by atoms with van der Waals surface area (Å²) in [4.78, 5) is 13.1. The Bertz CT molecular complexity index is 1060. The summed E-state index contributed by atoms with van der Waals surface area (Å²) in [5.74, 6) is 3.13. The van der Waals surface area contributed by atoms with Crippen LogP contribution in [0.5, 0.6) is 5.75 Å². The van der Waals surface area contributed by atoms with Gasteiger partial charge < -0.3 is 9.47 Å². The molecule has 0 radical (unpaired) electrons. The number of aromatic nitrogens is 2. The fourth-order valence-corrected chi connectivity index (χ4v) is 5.04. The van der Waals surface area contributed by atoms with Gasteiger partial charge in [-0.2, -0.15) is 0 Å². The number of hydrogen-bond donors (Lipinski definition) is 0. The van der Waals surface area contributed by atoms with E-state index >= 15 is 0 Å². The number of esters is 1. The molecule has 32 heavy (non-hydrogen) atoms. The molecule has 0 saturated heterocycles. The highest BCUT2D eigenvalue weighted by Crippen LogP contribution is 2.35. The van der Waals surface area contributed by atoms with E-state index in [0.717, 1.165) is 35.4 Å². The monoisotopic (exact) mass is 435 g/mol. The lowest BCUT2D eigenvalue weighted by atomic mass is 9.75. The van der Waals surface area contributed by atoms with Gasteiger partial charge in [-0.25, -0.2) is 13.9 Å². The summed E-state index contributed by atoms with van der Waals surface area (Å²) in [6, 6.07) is 17.9. The minimum absolute atomic E-state index is 0.00541. The van der Waals surface area contributed by atoms with Crippen molar-refractivity contribution in [3.05, 3.63) is 60.4 Å². The number of imidazole rings is 1. The average Bonchev–Trinajstić information content (AvgIpc) is 3.04. The summed E-state index contributed by atoms with van der Waals surface area (Å²) >= 11 is 0. The van der Waals surface area contributed by atoms with E-state index in [4.69, 9.17) is 9.47 Å². The molecule has 4 rings (SSSR count). The molecular formula is C27H35N2O3+. The van der Waals surface area contributed by atoms with Crippen LogP contribution in [0.3, 0.4) is 0 Å². The van der Waals surface area contributed by atoms with E-state index in [1.165, 1.54) is 6.42 Å². The molecule has 2 aromatic carbocycles. The van der Waals surface area contributed by atoms with Crippen LogP contribution in [0, 0.1) is 17.8 Å². The summed E-state index contributed by atoms with van der Waals surface area (Å²) in [5.41, 5.74) is 2.08. The Balaban J connectivity index is 1.56. The van der Waals surface area contributed by atoms with Crippen molar-refractivity contribution in [2.24, 2.45) is 24.8 Å². The Labute approximate surface area is 191 Å². The molecule has 0 unspecified atom stereocenters. The SMILES string of the molecule is CC(C)[C@@H]1CC[C@H](C)C[C@H]1OC(=O)Cn1c(COc2ccccc2)[n+](C)c2ccccc21. The molecule has 1 aromatic heterocycles. The predicted octanol–water partition coefficient (Wildman–Crippen LogP) is 5.05. The molecule has 5 heteroatoms. The zero-order valence-corrected chi connectivity index (χ0v) is 19.7. The van der Waals surface area contributed by atoms with Crippen molar-refractivity contribution in [1.82, 2.24) is 4.57 Å². The first-order chi connectivity index (χ1) is 15.4. The van der Waals surface area contributed by atoms with Gasteiger partial charge in [0.15, 0.2) is 24.2 Å². The summed E-state index contributed by atoms with van der Waals surface area (Å²) in [6.45, 7) is 7.29. The highest BCUT2D eigenvalue weighted by Gasteiger charge is 2.34. The fourth-order valence-electron chi connectivity index (χ4n) is 5.04. The first kappa shape index (κ1) is 22.4. The number of para-hydroxylation sites is 3. The largest absolute Gasteiger partial charge is 0.481 e. The third kappa shape index (κ3) is 4.82. The van der Waals surface area contributed by atoms with Crippen LogP contribution in [0.15, 0.2) is 54.6 Å². The van der Waals surface area contributed by atoms with Crippen LogP contribution in [-0.2, 0) is 29.7 Å². The van der Waals surface area contributed by atoms with E-state index in [1.54, 1.807) is 0 Å². The summed E-state index contributed by atoms with van der Waals surface area (Å²) in [7, 11) is 2.02. The van der Waals surface area contributed by atoms with E-state index in [9.17, 15) is 4.79 Å². The molecule has 1 fully saturated rings. The Kier molecular flexibility index (Phi) is 6.83. The number of ether oxygens (including phenoxy) is 2. The summed E-state index contributed by atoms with van der Waals surface area (Å²) < 4.78 is 16.3. The predicted molar refractivity (Wildman–Crippen MR) is 125 cm³/mol. The number of fused-ring (bicyclic) bond motifs is 1. The molecule has 170 valence electrons. The second kappa shape index (κ2) is 9.76. The fraction of sp³-hybridized carbons (Fsp3) is 0.481. The molecule has 0 amide bonds. The van der Waals surface area contributed by atoms with Gasteiger partial charge in [-0.1, -0.05) is 57.5 Å². The number of rotatable bonds is 7. The molecule has 0 bridgehead atoms. The van der Waals surface area contributed by atoms with Gasteiger partial charge in [0.25, 0.3) is 5.82 Å².